The lowest BCUT2D eigenvalue weighted by Gasteiger charge is -2.32. The standard InChI is InChI=1S/C26H27BO2/c1-25(2)26(3,4)29-27(28-25)23-17-15-22(16-18-23)24(21-13-9-6-10-14-21)19-20-11-7-5-8-12-20/h5-19H,1-4H3. The van der Waals surface area contributed by atoms with E-state index in [1.54, 1.807) is 0 Å². The highest BCUT2D eigenvalue weighted by atomic mass is 16.7. The van der Waals surface area contributed by atoms with Crippen molar-refractivity contribution in [3.63, 3.8) is 0 Å². The second-order valence-corrected chi connectivity index (χ2v) is 8.54. The van der Waals surface area contributed by atoms with Crippen LogP contribution in [0, 0.1) is 0 Å². The summed E-state index contributed by atoms with van der Waals surface area (Å²) in [6.07, 6.45) is 2.24. The van der Waals surface area contributed by atoms with Crippen molar-refractivity contribution in [2.24, 2.45) is 0 Å². The maximum Gasteiger partial charge on any atom is 0.494 e. The molecule has 2 nitrogen and oxygen atoms in total. The lowest BCUT2D eigenvalue weighted by Crippen LogP contribution is -2.41. The van der Waals surface area contributed by atoms with E-state index in [-0.39, 0.29) is 18.3 Å². The Hall–Kier alpha value is -2.62. The summed E-state index contributed by atoms with van der Waals surface area (Å²) >= 11 is 0. The zero-order valence-electron chi connectivity index (χ0n) is 17.6. The van der Waals surface area contributed by atoms with Crippen molar-refractivity contribution in [3.8, 4) is 0 Å². The number of hydrogen-bond acceptors (Lipinski definition) is 2. The van der Waals surface area contributed by atoms with Gasteiger partial charge in [0.2, 0.25) is 0 Å². The van der Waals surface area contributed by atoms with Crippen LogP contribution in [0.2, 0.25) is 0 Å². The second kappa shape index (κ2) is 7.66. The smallest absolute Gasteiger partial charge is 0.399 e. The summed E-state index contributed by atoms with van der Waals surface area (Å²) in [6, 6.07) is 29.5. The molecule has 3 aromatic carbocycles. The van der Waals surface area contributed by atoms with Crippen LogP contribution in [-0.2, 0) is 9.31 Å². The van der Waals surface area contributed by atoms with Crippen LogP contribution in [0.4, 0.5) is 0 Å². The van der Waals surface area contributed by atoms with E-state index in [9.17, 15) is 0 Å². The molecule has 29 heavy (non-hydrogen) atoms. The Morgan fingerprint density at radius 2 is 1.14 bits per heavy atom. The quantitative estimate of drug-likeness (QED) is 0.434. The Balaban J connectivity index is 1.68. The highest BCUT2D eigenvalue weighted by Crippen LogP contribution is 2.36. The van der Waals surface area contributed by atoms with E-state index in [1.807, 2.05) is 12.1 Å². The van der Waals surface area contributed by atoms with Gasteiger partial charge >= 0.3 is 7.12 Å². The third-order valence-electron chi connectivity index (χ3n) is 5.94. The van der Waals surface area contributed by atoms with Gasteiger partial charge in [-0.05, 0) is 61.5 Å². The van der Waals surface area contributed by atoms with Gasteiger partial charge in [0.1, 0.15) is 0 Å². The van der Waals surface area contributed by atoms with Gasteiger partial charge in [-0.1, -0.05) is 84.9 Å². The number of benzene rings is 3. The van der Waals surface area contributed by atoms with Crippen LogP contribution in [0.1, 0.15) is 44.4 Å². The summed E-state index contributed by atoms with van der Waals surface area (Å²) in [6.45, 7) is 8.32. The molecule has 4 rings (SSSR count). The van der Waals surface area contributed by atoms with E-state index in [0.29, 0.717) is 0 Å². The van der Waals surface area contributed by atoms with Gasteiger partial charge in [-0.2, -0.15) is 0 Å². The minimum Gasteiger partial charge on any atom is -0.399 e. The average molecular weight is 382 g/mol. The van der Waals surface area contributed by atoms with Crippen LogP contribution in [0.5, 0.6) is 0 Å². The summed E-state index contributed by atoms with van der Waals surface area (Å²) in [5, 5.41) is 0. The van der Waals surface area contributed by atoms with Crippen LogP contribution in [-0.4, -0.2) is 18.3 Å². The third kappa shape index (κ3) is 4.07. The van der Waals surface area contributed by atoms with Crippen molar-refractivity contribution in [2.45, 2.75) is 38.9 Å². The molecule has 1 aliphatic heterocycles. The molecule has 0 saturated carbocycles. The highest BCUT2D eigenvalue weighted by molar-refractivity contribution is 6.62. The number of hydrogen-bond donors (Lipinski definition) is 0. The van der Waals surface area contributed by atoms with Crippen LogP contribution >= 0.6 is 0 Å². The van der Waals surface area contributed by atoms with E-state index >= 15 is 0 Å². The molecule has 1 saturated heterocycles. The summed E-state index contributed by atoms with van der Waals surface area (Å²) in [4.78, 5) is 0. The van der Waals surface area contributed by atoms with Gasteiger partial charge in [0.05, 0.1) is 11.2 Å². The summed E-state index contributed by atoms with van der Waals surface area (Å²) < 4.78 is 12.4. The topological polar surface area (TPSA) is 18.5 Å². The van der Waals surface area contributed by atoms with Gasteiger partial charge in [0, 0.05) is 0 Å². The molecule has 0 N–H and O–H groups in total. The summed E-state index contributed by atoms with van der Waals surface area (Å²) in [5.74, 6) is 0. The Kier molecular flexibility index (Phi) is 5.20. The van der Waals surface area contributed by atoms with Crippen LogP contribution in [0.15, 0.2) is 84.9 Å². The van der Waals surface area contributed by atoms with Gasteiger partial charge in [-0.25, -0.2) is 0 Å². The minimum absolute atomic E-state index is 0.335. The molecule has 0 bridgehead atoms. The minimum atomic E-state index is -0.340. The highest BCUT2D eigenvalue weighted by Gasteiger charge is 2.51. The predicted octanol–water partition coefficient (Wildman–Crippen LogP) is 5.57. The zero-order chi connectivity index (χ0) is 20.5. The van der Waals surface area contributed by atoms with Crippen molar-refractivity contribution >= 4 is 24.2 Å². The van der Waals surface area contributed by atoms with Gasteiger partial charge in [-0.3, -0.25) is 0 Å². The molecule has 3 aromatic rings. The molecule has 0 radical (unpaired) electrons. The van der Waals surface area contributed by atoms with E-state index in [1.165, 1.54) is 22.3 Å². The third-order valence-corrected chi connectivity index (χ3v) is 5.94. The van der Waals surface area contributed by atoms with E-state index < -0.39 is 0 Å². The Morgan fingerprint density at radius 3 is 1.69 bits per heavy atom. The monoisotopic (exact) mass is 382 g/mol. The van der Waals surface area contributed by atoms with Crippen molar-refractivity contribution in [1.29, 1.82) is 0 Å². The largest absolute Gasteiger partial charge is 0.494 e. The van der Waals surface area contributed by atoms with E-state index in [0.717, 1.165) is 5.46 Å². The molecule has 0 aromatic heterocycles. The van der Waals surface area contributed by atoms with Crippen molar-refractivity contribution in [3.05, 3.63) is 102 Å². The summed E-state index contributed by atoms with van der Waals surface area (Å²) in [7, 11) is -0.340. The first-order valence-electron chi connectivity index (χ1n) is 10.1. The van der Waals surface area contributed by atoms with Gasteiger partial charge in [0.15, 0.2) is 0 Å². The van der Waals surface area contributed by atoms with Crippen LogP contribution in [0.3, 0.4) is 0 Å². The maximum absolute atomic E-state index is 6.19. The van der Waals surface area contributed by atoms with Crippen LogP contribution in [0.25, 0.3) is 11.6 Å². The van der Waals surface area contributed by atoms with Gasteiger partial charge in [0.25, 0.3) is 0 Å². The fraction of sp³-hybridized carbons (Fsp3) is 0.231. The fourth-order valence-corrected chi connectivity index (χ4v) is 3.47. The molecule has 3 heteroatoms. The first-order chi connectivity index (χ1) is 13.9. The molecule has 0 atom stereocenters. The second-order valence-electron chi connectivity index (χ2n) is 8.54. The van der Waals surface area contributed by atoms with E-state index in [4.69, 9.17) is 9.31 Å². The van der Waals surface area contributed by atoms with Crippen molar-refractivity contribution in [2.75, 3.05) is 0 Å². The zero-order valence-corrected chi connectivity index (χ0v) is 17.6. The number of rotatable bonds is 4. The first kappa shape index (κ1) is 19.7. The first-order valence-corrected chi connectivity index (χ1v) is 10.1. The molecule has 0 amide bonds. The SMILES string of the molecule is CC1(C)OB(c2ccc(C(=Cc3ccccc3)c3ccccc3)cc2)OC1(C)C. The predicted molar refractivity (Wildman–Crippen MR) is 122 cm³/mol. The molecule has 0 aliphatic carbocycles. The lowest BCUT2D eigenvalue weighted by molar-refractivity contribution is 0.00578. The average Bonchev–Trinajstić information content (AvgIpc) is 2.95. The maximum atomic E-state index is 6.19. The van der Waals surface area contributed by atoms with Crippen LogP contribution < -0.4 is 5.46 Å². The van der Waals surface area contributed by atoms with Crippen molar-refractivity contribution < 1.29 is 9.31 Å². The van der Waals surface area contributed by atoms with E-state index in [2.05, 4.69) is 107 Å². The normalized spacial score (nSPS) is 18.1. The fourth-order valence-electron chi connectivity index (χ4n) is 3.47. The summed E-state index contributed by atoms with van der Waals surface area (Å²) in [5.41, 5.74) is 5.11. The molecule has 0 spiro atoms. The molecule has 1 aliphatic rings. The molecular formula is C26H27BO2. The van der Waals surface area contributed by atoms with Gasteiger partial charge in [-0.15, -0.1) is 0 Å². The molecule has 0 unspecified atom stereocenters. The molecule has 146 valence electrons. The molecular weight excluding hydrogens is 355 g/mol. The Bertz CT molecular complexity index is 974. The Labute approximate surface area is 174 Å². The molecule has 1 heterocycles. The Morgan fingerprint density at radius 1 is 0.655 bits per heavy atom. The van der Waals surface area contributed by atoms with Crippen molar-refractivity contribution in [1.82, 2.24) is 0 Å². The molecule has 1 fully saturated rings. The lowest BCUT2D eigenvalue weighted by atomic mass is 9.78. The van der Waals surface area contributed by atoms with Gasteiger partial charge < -0.3 is 9.31 Å².